The summed E-state index contributed by atoms with van der Waals surface area (Å²) in [5.74, 6) is -1.34. The molecule has 5 nitrogen and oxygen atoms in total. The fourth-order valence-corrected chi connectivity index (χ4v) is 5.23. The molecule has 3 aliphatic carbocycles. The van der Waals surface area contributed by atoms with E-state index in [1.807, 2.05) is 24.3 Å². The van der Waals surface area contributed by atoms with Crippen LogP contribution in [0.2, 0.25) is 0 Å². The van der Waals surface area contributed by atoms with Gasteiger partial charge in [0.2, 0.25) is 0 Å². The number of fused-ring (bicyclic) bond motifs is 3. The molecule has 2 aromatic carbocycles. The van der Waals surface area contributed by atoms with Gasteiger partial charge in [-0.2, -0.15) is 0 Å². The molecule has 0 radical (unpaired) electrons. The fourth-order valence-electron chi connectivity index (χ4n) is 5.23. The molecule has 29 heavy (non-hydrogen) atoms. The number of carbonyl (C=O) groups excluding carboxylic acids is 1. The molecule has 0 saturated heterocycles. The third-order valence-corrected chi connectivity index (χ3v) is 7.05. The van der Waals surface area contributed by atoms with Gasteiger partial charge in [-0.1, -0.05) is 48.5 Å². The maximum atomic E-state index is 12.5. The van der Waals surface area contributed by atoms with E-state index in [9.17, 15) is 14.7 Å². The Bertz CT molecular complexity index is 919. The molecule has 1 amide bonds. The van der Waals surface area contributed by atoms with Gasteiger partial charge in [0, 0.05) is 12.0 Å². The first-order valence-corrected chi connectivity index (χ1v) is 10.4. The molecule has 0 aliphatic heterocycles. The molecule has 0 heterocycles. The van der Waals surface area contributed by atoms with Crippen molar-refractivity contribution < 1.29 is 19.4 Å². The lowest BCUT2D eigenvalue weighted by atomic mass is 9.76. The van der Waals surface area contributed by atoms with Crippen LogP contribution in [-0.4, -0.2) is 29.8 Å². The van der Waals surface area contributed by atoms with Gasteiger partial charge in [0.05, 0.1) is 5.92 Å². The van der Waals surface area contributed by atoms with Crippen molar-refractivity contribution in [2.75, 3.05) is 6.61 Å². The molecule has 1 spiro atoms. The van der Waals surface area contributed by atoms with Crippen molar-refractivity contribution in [1.82, 2.24) is 5.32 Å². The second kappa shape index (κ2) is 6.90. The van der Waals surface area contributed by atoms with E-state index in [-0.39, 0.29) is 24.0 Å². The first-order valence-electron chi connectivity index (χ1n) is 10.4. The zero-order valence-corrected chi connectivity index (χ0v) is 16.3. The molecule has 150 valence electrons. The van der Waals surface area contributed by atoms with Gasteiger partial charge in [-0.05, 0) is 59.8 Å². The van der Waals surface area contributed by atoms with Crippen molar-refractivity contribution in [1.29, 1.82) is 0 Å². The maximum absolute atomic E-state index is 12.5. The van der Waals surface area contributed by atoms with Crippen LogP contribution in [0, 0.1) is 11.3 Å². The highest BCUT2D eigenvalue weighted by Gasteiger charge is 2.51. The first-order chi connectivity index (χ1) is 14.1. The number of hydrogen-bond acceptors (Lipinski definition) is 3. The van der Waals surface area contributed by atoms with Crippen LogP contribution in [-0.2, 0) is 9.53 Å². The van der Waals surface area contributed by atoms with E-state index in [4.69, 9.17) is 4.74 Å². The quantitative estimate of drug-likeness (QED) is 0.801. The zero-order valence-electron chi connectivity index (χ0n) is 16.3. The third-order valence-electron chi connectivity index (χ3n) is 7.05. The van der Waals surface area contributed by atoms with Gasteiger partial charge in [-0.3, -0.25) is 4.79 Å². The number of carboxylic acids is 1. The van der Waals surface area contributed by atoms with Crippen LogP contribution in [0.5, 0.6) is 0 Å². The molecule has 5 rings (SSSR count). The summed E-state index contributed by atoms with van der Waals surface area (Å²) in [4.78, 5) is 24.2. The molecule has 0 bridgehead atoms. The number of carbonyl (C=O) groups is 2. The number of ether oxygens (including phenoxy) is 1. The maximum Gasteiger partial charge on any atom is 0.407 e. The van der Waals surface area contributed by atoms with Crippen molar-refractivity contribution in [3.8, 4) is 11.1 Å². The zero-order chi connectivity index (χ0) is 20.0. The van der Waals surface area contributed by atoms with Gasteiger partial charge in [-0.25, -0.2) is 4.79 Å². The summed E-state index contributed by atoms with van der Waals surface area (Å²) in [5.41, 5.74) is 4.93. The highest BCUT2D eigenvalue weighted by Crippen LogP contribution is 2.57. The van der Waals surface area contributed by atoms with Gasteiger partial charge >= 0.3 is 12.1 Å². The Balaban J connectivity index is 1.26. The average molecular weight is 391 g/mol. The third kappa shape index (κ3) is 3.28. The monoisotopic (exact) mass is 391 g/mol. The molecule has 3 aliphatic rings. The Morgan fingerprint density at radius 2 is 1.62 bits per heavy atom. The van der Waals surface area contributed by atoms with E-state index in [0.717, 1.165) is 19.3 Å². The molecule has 0 aromatic heterocycles. The van der Waals surface area contributed by atoms with Crippen LogP contribution in [0.1, 0.15) is 49.1 Å². The van der Waals surface area contributed by atoms with Crippen molar-refractivity contribution in [2.45, 2.75) is 44.1 Å². The lowest BCUT2D eigenvalue weighted by molar-refractivity contribution is -0.144. The normalized spacial score (nSPS) is 23.9. The SMILES string of the molecule is O=C(N[C@H]1CCC2(CC2)C[C@H]1C(=O)O)OCC1c2ccccc2-c2ccccc21. The second-order valence-corrected chi connectivity index (χ2v) is 8.76. The molecule has 0 unspecified atom stereocenters. The van der Waals surface area contributed by atoms with Gasteiger partial charge in [0.15, 0.2) is 0 Å². The van der Waals surface area contributed by atoms with Crippen molar-refractivity contribution in [3.05, 3.63) is 59.7 Å². The largest absolute Gasteiger partial charge is 0.481 e. The summed E-state index contributed by atoms with van der Waals surface area (Å²) in [5, 5.41) is 12.5. The van der Waals surface area contributed by atoms with Gasteiger partial charge in [-0.15, -0.1) is 0 Å². The average Bonchev–Trinajstić information content (AvgIpc) is 3.41. The molecular weight excluding hydrogens is 366 g/mol. The number of alkyl carbamates (subject to hydrolysis) is 1. The van der Waals surface area contributed by atoms with Crippen LogP contribution in [0.3, 0.4) is 0 Å². The van der Waals surface area contributed by atoms with Crippen LogP contribution < -0.4 is 5.32 Å². The summed E-state index contributed by atoms with van der Waals surface area (Å²) in [6.45, 7) is 0.244. The number of amides is 1. The van der Waals surface area contributed by atoms with Crippen LogP contribution in [0.4, 0.5) is 4.79 Å². The van der Waals surface area contributed by atoms with E-state index in [2.05, 4.69) is 29.6 Å². The lowest BCUT2D eigenvalue weighted by Crippen LogP contribution is -2.47. The Morgan fingerprint density at radius 1 is 1.00 bits per heavy atom. The summed E-state index contributed by atoms with van der Waals surface area (Å²) in [6.07, 6.45) is 4.08. The number of aliphatic carboxylic acids is 1. The fraction of sp³-hybridized carbons (Fsp3) is 0.417. The Kier molecular flexibility index (Phi) is 4.34. The van der Waals surface area contributed by atoms with Crippen molar-refractivity contribution in [2.24, 2.45) is 11.3 Å². The molecule has 2 atom stereocenters. The summed E-state index contributed by atoms with van der Waals surface area (Å²) < 4.78 is 5.60. The van der Waals surface area contributed by atoms with Gasteiger partial charge in [0.25, 0.3) is 0 Å². The molecule has 2 fully saturated rings. The Labute approximate surface area is 170 Å². The van der Waals surface area contributed by atoms with Crippen LogP contribution >= 0.6 is 0 Å². The van der Waals surface area contributed by atoms with Crippen LogP contribution in [0.25, 0.3) is 11.1 Å². The molecule has 5 heteroatoms. The van der Waals surface area contributed by atoms with E-state index in [1.165, 1.54) is 22.3 Å². The number of hydrogen-bond donors (Lipinski definition) is 2. The minimum Gasteiger partial charge on any atom is -0.481 e. The molecule has 2 saturated carbocycles. The minimum atomic E-state index is -0.820. The van der Waals surface area contributed by atoms with Gasteiger partial charge < -0.3 is 15.2 Å². The Morgan fingerprint density at radius 3 is 2.21 bits per heavy atom. The topological polar surface area (TPSA) is 75.6 Å². The van der Waals surface area contributed by atoms with Crippen LogP contribution in [0.15, 0.2) is 48.5 Å². The number of rotatable bonds is 4. The van der Waals surface area contributed by atoms with E-state index < -0.39 is 18.0 Å². The van der Waals surface area contributed by atoms with Crippen molar-refractivity contribution in [3.63, 3.8) is 0 Å². The summed E-state index contributed by atoms with van der Waals surface area (Å²) >= 11 is 0. The predicted octanol–water partition coefficient (Wildman–Crippen LogP) is 4.56. The highest BCUT2D eigenvalue weighted by atomic mass is 16.5. The van der Waals surface area contributed by atoms with E-state index in [1.54, 1.807) is 0 Å². The summed E-state index contributed by atoms with van der Waals surface area (Å²) in [7, 11) is 0. The standard InChI is InChI=1S/C24H25NO4/c26-22(27)19-13-24(11-12-24)10-9-21(19)25-23(28)29-14-20-17-7-3-1-5-15(17)16-6-2-4-8-18(16)20/h1-8,19-21H,9-14H2,(H,25,28)(H,26,27)/t19-,21+/m1/s1. The second-order valence-electron chi connectivity index (χ2n) is 8.76. The molecule has 2 N–H and O–H groups in total. The first kappa shape index (κ1) is 18.2. The predicted molar refractivity (Wildman–Crippen MR) is 109 cm³/mol. The number of benzene rings is 2. The molecular formula is C24H25NO4. The van der Waals surface area contributed by atoms with Crippen molar-refractivity contribution >= 4 is 12.1 Å². The van der Waals surface area contributed by atoms with E-state index in [0.29, 0.717) is 12.8 Å². The highest BCUT2D eigenvalue weighted by molar-refractivity contribution is 5.79. The smallest absolute Gasteiger partial charge is 0.407 e. The molecule has 2 aromatic rings. The Hall–Kier alpha value is -2.82. The number of nitrogens with one attached hydrogen (secondary N) is 1. The lowest BCUT2D eigenvalue weighted by Gasteiger charge is -2.34. The number of carboxylic acid groups (broad SMARTS) is 1. The van der Waals surface area contributed by atoms with E-state index >= 15 is 0 Å². The van der Waals surface area contributed by atoms with Gasteiger partial charge in [0.1, 0.15) is 6.61 Å². The minimum absolute atomic E-state index is 0.00418. The summed E-state index contributed by atoms with van der Waals surface area (Å²) in [6, 6.07) is 16.1.